The second kappa shape index (κ2) is 16.0. The average Bonchev–Trinajstić information content (AvgIpc) is 2.67. The fourth-order valence-electron chi connectivity index (χ4n) is 3.23. The molecule has 0 saturated heterocycles. The van der Waals surface area contributed by atoms with Crippen molar-refractivity contribution in [1.29, 1.82) is 0 Å². The van der Waals surface area contributed by atoms with E-state index in [9.17, 15) is 9.46 Å². The summed E-state index contributed by atoms with van der Waals surface area (Å²) in [5.41, 5.74) is 1.24. The molecular formula is C23H41O4P. The Morgan fingerprint density at radius 1 is 0.750 bits per heavy atom. The van der Waals surface area contributed by atoms with Crippen LogP contribution in [0.3, 0.4) is 0 Å². The molecule has 4 nitrogen and oxygen atoms in total. The summed E-state index contributed by atoms with van der Waals surface area (Å²) in [6.45, 7) is 4.69. The molecule has 1 aromatic carbocycles. The van der Waals surface area contributed by atoms with E-state index in [1.807, 2.05) is 12.1 Å². The van der Waals surface area contributed by atoms with Crippen molar-refractivity contribution in [2.45, 2.75) is 104 Å². The number of benzene rings is 1. The van der Waals surface area contributed by atoms with Gasteiger partial charge in [-0.25, -0.2) is 4.57 Å². The van der Waals surface area contributed by atoms with Crippen LogP contribution in [0.15, 0.2) is 24.3 Å². The van der Waals surface area contributed by atoms with Crippen molar-refractivity contribution < 1.29 is 18.5 Å². The Morgan fingerprint density at radius 2 is 1.25 bits per heavy atom. The van der Waals surface area contributed by atoms with E-state index in [-0.39, 0.29) is 6.61 Å². The summed E-state index contributed by atoms with van der Waals surface area (Å²) >= 11 is 0. The first-order valence-corrected chi connectivity index (χ1v) is 12.8. The van der Waals surface area contributed by atoms with Crippen molar-refractivity contribution in [1.82, 2.24) is 0 Å². The van der Waals surface area contributed by atoms with E-state index < -0.39 is 7.82 Å². The molecule has 5 heteroatoms. The highest BCUT2D eigenvalue weighted by molar-refractivity contribution is 7.47. The highest BCUT2D eigenvalue weighted by atomic mass is 31.2. The van der Waals surface area contributed by atoms with Crippen LogP contribution in [0.5, 0.6) is 5.75 Å². The van der Waals surface area contributed by atoms with Gasteiger partial charge in [0.05, 0.1) is 6.61 Å². The lowest BCUT2D eigenvalue weighted by Gasteiger charge is -2.13. The molecule has 0 heterocycles. The minimum atomic E-state index is -4.03. The molecule has 0 saturated carbocycles. The van der Waals surface area contributed by atoms with Crippen molar-refractivity contribution >= 4 is 7.82 Å². The first-order valence-electron chi connectivity index (χ1n) is 11.3. The maximum atomic E-state index is 12.0. The van der Waals surface area contributed by atoms with Gasteiger partial charge in [-0.3, -0.25) is 9.42 Å². The Labute approximate surface area is 172 Å². The topological polar surface area (TPSA) is 55.8 Å². The van der Waals surface area contributed by atoms with Crippen LogP contribution in [0.2, 0.25) is 0 Å². The summed E-state index contributed by atoms with van der Waals surface area (Å²) in [7, 11) is -4.03. The third-order valence-corrected chi connectivity index (χ3v) is 5.92. The molecule has 1 rings (SSSR count). The molecule has 28 heavy (non-hydrogen) atoms. The number of unbranched alkanes of at least 4 members (excludes halogenated alkanes) is 11. The van der Waals surface area contributed by atoms with E-state index in [0.717, 1.165) is 25.7 Å². The van der Waals surface area contributed by atoms with E-state index in [0.29, 0.717) is 5.75 Å². The summed E-state index contributed by atoms with van der Waals surface area (Å²) in [5.74, 6) is 0.386. The Kier molecular flexibility index (Phi) is 14.4. The molecule has 0 aliphatic rings. The lowest BCUT2D eigenvalue weighted by atomic mass is 10.0. The molecule has 0 bridgehead atoms. The van der Waals surface area contributed by atoms with Crippen LogP contribution in [0, 0.1) is 0 Å². The normalized spacial score (nSPS) is 13.4. The maximum absolute atomic E-state index is 12.0. The third kappa shape index (κ3) is 13.4. The second-order valence-corrected chi connectivity index (χ2v) is 9.05. The quantitative estimate of drug-likeness (QED) is 0.197. The molecule has 0 aliphatic carbocycles. The molecule has 0 radical (unpaired) electrons. The Hall–Kier alpha value is -0.830. The van der Waals surface area contributed by atoms with Gasteiger partial charge in [-0.15, -0.1) is 0 Å². The zero-order valence-electron chi connectivity index (χ0n) is 18.0. The van der Waals surface area contributed by atoms with Gasteiger partial charge in [-0.2, -0.15) is 0 Å². The number of aryl methyl sites for hydroxylation is 1. The number of rotatable bonds is 18. The first kappa shape index (κ1) is 25.2. The molecule has 0 amide bonds. The highest BCUT2D eigenvalue weighted by Gasteiger charge is 2.22. The van der Waals surface area contributed by atoms with Crippen LogP contribution in [-0.2, 0) is 15.5 Å². The van der Waals surface area contributed by atoms with Crippen molar-refractivity contribution in [2.75, 3.05) is 6.61 Å². The van der Waals surface area contributed by atoms with Gasteiger partial charge in [0.2, 0.25) is 0 Å². The van der Waals surface area contributed by atoms with E-state index in [1.165, 1.54) is 69.8 Å². The minimum absolute atomic E-state index is 0.260. The monoisotopic (exact) mass is 412 g/mol. The molecule has 1 N–H and O–H groups in total. The zero-order chi connectivity index (χ0) is 20.5. The van der Waals surface area contributed by atoms with Crippen molar-refractivity contribution in [3.63, 3.8) is 0 Å². The molecule has 0 fully saturated rings. The van der Waals surface area contributed by atoms with Gasteiger partial charge in [0, 0.05) is 0 Å². The predicted molar refractivity (Wildman–Crippen MR) is 118 cm³/mol. The van der Waals surface area contributed by atoms with Gasteiger partial charge in [-0.05, 0) is 37.0 Å². The van der Waals surface area contributed by atoms with Crippen LogP contribution in [0.25, 0.3) is 0 Å². The van der Waals surface area contributed by atoms with E-state index in [1.54, 1.807) is 12.1 Å². The zero-order valence-corrected chi connectivity index (χ0v) is 18.9. The molecule has 1 atom stereocenters. The summed E-state index contributed by atoms with van der Waals surface area (Å²) in [4.78, 5) is 9.85. The molecular weight excluding hydrogens is 371 g/mol. The van der Waals surface area contributed by atoms with Crippen LogP contribution in [0.1, 0.15) is 103 Å². The molecule has 1 aromatic rings. The average molecular weight is 413 g/mol. The van der Waals surface area contributed by atoms with Crippen LogP contribution in [0.4, 0.5) is 0 Å². The Bertz CT molecular complexity index is 530. The lowest BCUT2D eigenvalue weighted by molar-refractivity contribution is 0.199. The number of phosphoric ester groups is 1. The molecule has 1 unspecified atom stereocenters. The Morgan fingerprint density at radius 3 is 1.82 bits per heavy atom. The SMILES string of the molecule is CCCCCCCCCc1ccc(OP(=O)(O)OCCCCCCCC)cc1. The number of hydrogen-bond acceptors (Lipinski definition) is 3. The lowest BCUT2D eigenvalue weighted by Crippen LogP contribution is -1.99. The van der Waals surface area contributed by atoms with E-state index in [2.05, 4.69) is 13.8 Å². The largest absolute Gasteiger partial charge is 0.527 e. The van der Waals surface area contributed by atoms with Gasteiger partial charge >= 0.3 is 7.82 Å². The van der Waals surface area contributed by atoms with Crippen LogP contribution < -0.4 is 4.52 Å². The first-order chi connectivity index (χ1) is 13.6. The molecule has 0 aliphatic heterocycles. The fourth-order valence-corrected chi connectivity index (χ4v) is 4.03. The van der Waals surface area contributed by atoms with Gasteiger partial charge < -0.3 is 4.52 Å². The summed E-state index contributed by atoms with van der Waals surface area (Å²) in [6, 6.07) is 7.46. The fraction of sp³-hybridized carbons (Fsp3) is 0.739. The maximum Gasteiger partial charge on any atom is 0.527 e. The van der Waals surface area contributed by atoms with Crippen molar-refractivity contribution in [2.24, 2.45) is 0 Å². The molecule has 0 aromatic heterocycles. The smallest absolute Gasteiger partial charge is 0.404 e. The third-order valence-electron chi connectivity index (χ3n) is 4.97. The molecule has 162 valence electrons. The van der Waals surface area contributed by atoms with Crippen molar-refractivity contribution in [3.8, 4) is 5.75 Å². The summed E-state index contributed by atoms with van der Waals surface area (Å²) in [5, 5.41) is 0. The highest BCUT2D eigenvalue weighted by Crippen LogP contribution is 2.44. The van der Waals surface area contributed by atoms with Crippen LogP contribution in [-0.4, -0.2) is 11.5 Å². The summed E-state index contributed by atoms with van der Waals surface area (Å²) < 4.78 is 22.3. The van der Waals surface area contributed by atoms with Crippen molar-refractivity contribution in [3.05, 3.63) is 29.8 Å². The van der Waals surface area contributed by atoms with Gasteiger partial charge in [0.25, 0.3) is 0 Å². The Balaban J connectivity index is 2.19. The minimum Gasteiger partial charge on any atom is -0.404 e. The summed E-state index contributed by atoms with van der Waals surface area (Å²) in [6.07, 6.45) is 16.8. The van der Waals surface area contributed by atoms with Gasteiger partial charge in [0.1, 0.15) is 5.75 Å². The standard InChI is InChI=1S/C23H41O4P/c1-3-5-7-9-11-12-14-16-22-17-19-23(20-18-22)27-28(24,25)26-21-15-13-10-8-6-4-2/h17-20H,3-16,21H2,1-2H3,(H,24,25). The number of phosphoric acid groups is 1. The molecule has 0 spiro atoms. The predicted octanol–water partition coefficient (Wildman–Crippen LogP) is 7.84. The number of hydrogen-bond donors (Lipinski definition) is 1. The van der Waals surface area contributed by atoms with Gasteiger partial charge in [0.15, 0.2) is 0 Å². The van der Waals surface area contributed by atoms with E-state index >= 15 is 0 Å². The van der Waals surface area contributed by atoms with Crippen LogP contribution >= 0.6 is 7.82 Å². The van der Waals surface area contributed by atoms with Gasteiger partial charge in [-0.1, -0.05) is 96.6 Å². The second-order valence-electron chi connectivity index (χ2n) is 7.68. The van der Waals surface area contributed by atoms with E-state index in [4.69, 9.17) is 9.05 Å².